The summed E-state index contributed by atoms with van der Waals surface area (Å²) in [5.74, 6) is -1.47. The van der Waals surface area contributed by atoms with E-state index < -0.39 is 30.1 Å². The molecule has 48 heavy (non-hydrogen) atoms. The number of piperidine rings is 1. The Morgan fingerprint density at radius 1 is 1.12 bits per heavy atom. The van der Waals surface area contributed by atoms with Gasteiger partial charge < -0.3 is 30.5 Å². The highest BCUT2D eigenvalue weighted by Crippen LogP contribution is 2.43. The number of carbonyl (C=O) groups is 1. The Balaban J connectivity index is 1.32. The number of rotatable bonds is 9. The number of aliphatic carboxylic acids is 1. The molecular formula is C33H35F4N7O4. The highest BCUT2D eigenvalue weighted by atomic mass is 19.4. The van der Waals surface area contributed by atoms with Crippen LogP contribution >= 0.6 is 0 Å². The normalized spacial score (nSPS) is 18.2. The van der Waals surface area contributed by atoms with Gasteiger partial charge in [-0.25, -0.2) is 9.07 Å². The van der Waals surface area contributed by atoms with Crippen LogP contribution in [-0.4, -0.2) is 69.3 Å². The number of ether oxygens (including phenoxy) is 2. The second-order valence-corrected chi connectivity index (χ2v) is 12.2. The summed E-state index contributed by atoms with van der Waals surface area (Å²) in [6.07, 6.45) is -4.00. The van der Waals surface area contributed by atoms with Crippen LogP contribution < -0.4 is 25.4 Å². The monoisotopic (exact) mass is 669 g/mol. The molecule has 0 radical (unpaired) electrons. The van der Waals surface area contributed by atoms with Crippen LogP contribution in [0.4, 0.5) is 29.3 Å². The number of hydrogen-bond donors (Lipinski definition) is 3. The maximum atomic E-state index is 14.9. The first-order valence-electron chi connectivity index (χ1n) is 15.5. The second kappa shape index (κ2) is 12.9. The Kier molecular flexibility index (Phi) is 8.90. The van der Waals surface area contributed by atoms with Crippen LogP contribution in [0.3, 0.4) is 0 Å². The summed E-state index contributed by atoms with van der Waals surface area (Å²) in [7, 11) is 0. The first kappa shape index (κ1) is 33.0. The SMILES string of the molecule is CCOc1cc(F)cc(-c2ccc([C@@H](Oc3cc(N4CCC5(CC4)CN[C@H](C(=O)O)C5)nc(N)n3)C(F)(F)F)c(-n3ccc(C)n3)c2)c1. The zero-order chi connectivity index (χ0) is 34.2. The van der Waals surface area contributed by atoms with E-state index in [1.807, 2.05) is 4.90 Å². The summed E-state index contributed by atoms with van der Waals surface area (Å²) in [5.41, 5.74) is 7.02. The summed E-state index contributed by atoms with van der Waals surface area (Å²) in [6.45, 7) is 5.36. The molecule has 15 heteroatoms. The van der Waals surface area contributed by atoms with Gasteiger partial charge in [0.2, 0.25) is 17.9 Å². The number of halogens is 4. The van der Waals surface area contributed by atoms with Crippen molar-refractivity contribution in [2.24, 2.45) is 5.41 Å². The third-order valence-corrected chi connectivity index (χ3v) is 8.85. The van der Waals surface area contributed by atoms with Gasteiger partial charge in [-0.1, -0.05) is 12.1 Å². The Hall–Kier alpha value is -4.92. The van der Waals surface area contributed by atoms with Gasteiger partial charge in [0.15, 0.2) is 0 Å². The number of alkyl halides is 3. The van der Waals surface area contributed by atoms with Crippen molar-refractivity contribution in [1.29, 1.82) is 0 Å². The van der Waals surface area contributed by atoms with Gasteiger partial charge in [-0.2, -0.15) is 28.2 Å². The van der Waals surface area contributed by atoms with Crippen molar-refractivity contribution in [3.05, 3.63) is 71.8 Å². The van der Waals surface area contributed by atoms with Crippen LogP contribution in [0.2, 0.25) is 0 Å². The predicted octanol–water partition coefficient (Wildman–Crippen LogP) is 5.47. The molecule has 4 heterocycles. The van der Waals surface area contributed by atoms with Crippen molar-refractivity contribution in [2.75, 3.05) is 36.9 Å². The Morgan fingerprint density at radius 2 is 1.90 bits per heavy atom. The number of benzene rings is 2. The summed E-state index contributed by atoms with van der Waals surface area (Å²) in [4.78, 5) is 21.6. The van der Waals surface area contributed by atoms with Crippen LogP contribution in [0, 0.1) is 18.2 Å². The lowest BCUT2D eigenvalue weighted by Gasteiger charge is -2.39. The zero-order valence-corrected chi connectivity index (χ0v) is 26.3. The lowest BCUT2D eigenvalue weighted by molar-refractivity contribution is -0.198. The van der Waals surface area contributed by atoms with Gasteiger partial charge in [0.05, 0.1) is 18.0 Å². The predicted molar refractivity (Wildman–Crippen MR) is 169 cm³/mol. The molecule has 2 aromatic carbocycles. The zero-order valence-electron chi connectivity index (χ0n) is 26.3. The van der Waals surface area contributed by atoms with Crippen LogP contribution in [0.25, 0.3) is 16.8 Å². The van der Waals surface area contributed by atoms with E-state index in [-0.39, 0.29) is 34.2 Å². The van der Waals surface area contributed by atoms with Gasteiger partial charge >= 0.3 is 12.1 Å². The molecule has 0 bridgehead atoms. The number of aryl methyl sites for hydroxylation is 1. The number of nitrogens with one attached hydrogen (secondary N) is 1. The molecule has 254 valence electrons. The molecule has 2 aromatic heterocycles. The highest BCUT2D eigenvalue weighted by Gasteiger charge is 2.46. The van der Waals surface area contributed by atoms with Crippen LogP contribution in [0.15, 0.2) is 54.7 Å². The lowest BCUT2D eigenvalue weighted by atomic mass is 9.76. The summed E-state index contributed by atoms with van der Waals surface area (Å²) < 4.78 is 71.5. The number of nitrogens with two attached hydrogens (primary N) is 1. The van der Waals surface area contributed by atoms with Gasteiger partial charge in [-0.3, -0.25) is 4.79 Å². The Bertz CT molecular complexity index is 1810. The fraction of sp³-hybridized carbons (Fsp3) is 0.394. The van der Waals surface area contributed by atoms with E-state index in [0.717, 1.165) is 0 Å². The molecule has 1 spiro atoms. The molecule has 0 saturated carbocycles. The lowest BCUT2D eigenvalue weighted by Crippen LogP contribution is -2.41. The summed E-state index contributed by atoms with van der Waals surface area (Å²) in [6, 6.07) is 10.7. The number of nitrogen functional groups attached to an aromatic ring is 1. The number of anilines is 2. The molecule has 2 aliphatic heterocycles. The molecule has 0 unspecified atom stereocenters. The van der Waals surface area contributed by atoms with Crippen molar-refractivity contribution >= 4 is 17.7 Å². The maximum Gasteiger partial charge on any atom is 0.429 e. The molecule has 6 rings (SSSR count). The Labute approximate surface area is 273 Å². The quantitative estimate of drug-likeness (QED) is 0.197. The molecule has 4 aromatic rings. The van der Waals surface area contributed by atoms with Crippen molar-refractivity contribution in [3.8, 4) is 28.4 Å². The first-order valence-corrected chi connectivity index (χ1v) is 15.5. The molecule has 0 aliphatic carbocycles. The molecule has 2 saturated heterocycles. The van der Waals surface area contributed by atoms with E-state index in [1.54, 1.807) is 26.0 Å². The van der Waals surface area contributed by atoms with E-state index in [9.17, 15) is 27.5 Å². The van der Waals surface area contributed by atoms with Gasteiger partial charge in [-0.05, 0) is 73.9 Å². The van der Waals surface area contributed by atoms with Gasteiger partial charge in [0, 0.05) is 43.5 Å². The van der Waals surface area contributed by atoms with E-state index >= 15 is 0 Å². The average molecular weight is 670 g/mol. The van der Waals surface area contributed by atoms with Crippen LogP contribution in [-0.2, 0) is 4.79 Å². The van der Waals surface area contributed by atoms with Crippen molar-refractivity contribution in [3.63, 3.8) is 0 Å². The third-order valence-electron chi connectivity index (χ3n) is 8.85. The largest absolute Gasteiger partial charge is 0.494 e. The van der Waals surface area contributed by atoms with Gasteiger partial charge in [0.1, 0.15) is 23.4 Å². The van der Waals surface area contributed by atoms with Crippen LogP contribution in [0.5, 0.6) is 11.6 Å². The smallest absolute Gasteiger partial charge is 0.429 e. The van der Waals surface area contributed by atoms with E-state index in [4.69, 9.17) is 15.2 Å². The van der Waals surface area contributed by atoms with Crippen molar-refractivity contribution in [1.82, 2.24) is 25.1 Å². The second-order valence-electron chi connectivity index (χ2n) is 12.2. The molecule has 11 nitrogen and oxygen atoms in total. The minimum Gasteiger partial charge on any atom is -0.494 e. The van der Waals surface area contributed by atoms with E-state index in [0.29, 0.717) is 68.1 Å². The van der Waals surface area contributed by atoms with Crippen molar-refractivity contribution < 1.29 is 36.9 Å². The molecule has 2 fully saturated rings. The maximum absolute atomic E-state index is 14.9. The van der Waals surface area contributed by atoms with E-state index in [1.165, 1.54) is 47.3 Å². The fourth-order valence-electron chi connectivity index (χ4n) is 6.43. The third kappa shape index (κ3) is 7.00. The molecular weight excluding hydrogens is 634 g/mol. The molecule has 2 atom stereocenters. The molecule has 2 aliphatic rings. The molecule has 0 amide bonds. The minimum atomic E-state index is -4.90. The fourth-order valence-corrected chi connectivity index (χ4v) is 6.43. The summed E-state index contributed by atoms with van der Waals surface area (Å²) in [5, 5.41) is 16.8. The average Bonchev–Trinajstić information content (AvgIpc) is 3.66. The Morgan fingerprint density at radius 3 is 2.54 bits per heavy atom. The standard InChI is InChI=1S/C33H35F4N7O4/c1-3-47-23-13-21(12-22(34)15-23)20-4-5-24(26(14-20)44-9-6-19(2)42-44)29(33(35,36)37)48-28-16-27(40-31(38)41-28)43-10-7-32(8-11-43)17-25(30(45)46)39-18-32/h4-6,9,12-16,25,29,39H,3,7-8,10-11,17-18H2,1-2H3,(H,45,46)(H2,38,40,41)/t25-,29+/m0/s1. The topological polar surface area (TPSA) is 141 Å². The number of carboxylic acid groups (broad SMARTS) is 1. The number of hydrogen-bond acceptors (Lipinski definition) is 9. The number of aromatic nitrogens is 4. The highest BCUT2D eigenvalue weighted by molar-refractivity contribution is 5.74. The first-order chi connectivity index (χ1) is 22.8. The van der Waals surface area contributed by atoms with Gasteiger partial charge in [-0.15, -0.1) is 0 Å². The van der Waals surface area contributed by atoms with Crippen molar-refractivity contribution in [2.45, 2.75) is 51.4 Å². The molecule has 4 N–H and O–H groups in total. The number of carboxylic acids is 1. The van der Waals surface area contributed by atoms with Crippen LogP contribution in [0.1, 0.15) is 43.5 Å². The van der Waals surface area contributed by atoms with Gasteiger partial charge in [0.25, 0.3) is 0 Å². The minimum absolute atomic E-state index is 0.0681. The number of nitrogens with zero attached hydrogens (tertiary/aromatic N) is 5. The summed E-state index contributed by atoms with van der Waals surface area (Å²) >= 11 is 0. The van der Waals surface area contributed by atoms with E-state index in [2.05, 4.69) is 20.4 Å².